The Hall–Kier alpha value is -1.07. The van der Waals surface area contributed by atoms with E-state index in [4.69, 9.17) is 0 Å². The van der Waals surface area contributed by atoms with Crippen molar-refractivity contribution in [3.63, 3.8) is 0 Å². The van der Waals surface area contributed by atoms with E-state index in [0.29, 0.717) is 0 Å². The minimum Gasteiger partial charge on any atom is -0.234 e. The van der Waals surface area contributed by atoms with Crippen LogP contribution < -0.4 is 5.19 Å². The highest BCUT2D eigenvalue weighted by Gasteiger charge is 2.38. The molecule has 0 nitrogen and oxygen atoms in total. The Balaban J connectivity index is 0. The summed E-state index contributed by atoms with van der Waals surface area (Å²) >= 11 is 0. The third kappa shape index (κ3) is 17.7. The van der Waals surface area contributed by atoms with Crippen molar-refractivity contribution in [1.82, 2.24) is 0 Å². The predicted octanol–water partition coefficient (Wildman–Crippen LogP) is 6.77. The molecule has 0 amide bonds. The fourth-order valence-corrected chi connectivity index (χ4v) is 3.79. The molecule has 0 N–H and O–H groups in total. The Morgan fingerprint density at radius 2 is 1.19 bits per heavy atom. The van der Waals surface area contributed by atoms with Gasteiger partial charge in [0.1, 0.15) is 0 Å². The van der Waals surface area contributed by atoms with Crippen molar-refractivity contribution in [2.75, 3.05) is 0 Å². The lowest BCUT2D eigenvalue weighted by molar-refractivity contribution is -0.110. The normalized spacial score (nSPS) is 12.1. The minimum atomic E-state index is -5.37. The first-order chi connectivity index (χ1) is 11.4. The molecule has 0 spiro atoms. The standard InChI is InChI=1S/C10H13F3Si.C5H12Si.C2H3F3Si/c1-14(2,8-10(11,12)13)9-6-4-3-5-7-9;1-5-6(2,3)4;1-2-6(3,4)5/h3-7H,8H2,1-2H3;5H,1H2,2-4H3;2H,1H2. The second-order valence-corrected chi connectivity index (χ2v) is 18.7. The van der Waals surface area contributed by atoms with Gasteiger partial charge in [0.15, 0.2) is 0 Å². The molecule has 1 rings (SSSR count). The maximum Gasteiger partial charge on any atom is 0.644 e. The quantitative estimate of drug-likeness (QED) is 0.281. The predicted molar refractivity (Wildman–Crippen MR) is 107 cm³/mol. The molecule has 26 heavy (non-hydrogen) atoms. The van der Waals surface area contributed by atoms with Crippen LogP contribution >= 0.6 is 0 Å². The first-order valence-corrected chi connectivity index (χ1v) is 16.4. The van der Waals surface area contributed by atoms with E-state index in [1.54, 1.807) is 37.4 Å². The summed E-state index contributed by atoms with van der Waals surface area (Å²) in [5.74, 6) is 0. The summed E-state index contributed by atoms with van der Waals surface area (Å²) in [5, 5.41) is 0.859. The van der Waals surface area contributed by atoms with E-state index >= 15 is 0 Å². The van der Waals surface area contributed by atoms with Gasteiger partial charge in [-0.3, -0.25) is 0 Å². The zero-order valence-electron chi connectivity index (χ0n) is 15.9. The summed E-state index contributed by atoms with van der Waals surface area (Å²) in [6.07, 6.45) is -4.05. The van der Waals surface area contributed by atoms with Gasteiger partial charge in [0.05, 0.1) is 16.1 Å². The van der Waals surface area contributed by atoms with E-state index in [9.17, 15) is 25.5 Å². The fraction of sp³-hybridized carbons (Fsp3) is 0.412. The van der Waals surface area contributed by atoms with Gasteiger partial charge < -0.3 is 0 Å². The number of hydrogen-bond donors (Lipinski definition) is 0. The topological polar surface area (TPSA) is 0 Å². The molecule has 9 heteroatoms. The summed E-state index contributed by atoms with van der Waals surface area (Å²) in [4.78, 5) is 0. The number of benzene rings is 1. The van der Waals surface area contributed by atoms with Gasteiger partial charge in [0, 0.05) is 6.04 Å². The van der Waals surface area contributed by atoms with Crippen LogP contribution in [0.2, 0.25) is 38.8 Å². The number of halogens is 6. The first-order valence-electron chi connectivity index (χ1n) is 7.90. The van der Waals surface area contributed by atoms with Crippen molar-refractivity contribution >= 4 is 30.4 Å². The second-order valence-electron chi connectivity index (χ2n) is 7.36. The van der Waals surface area contributed by atoms with E-state index in [1.165, 1.54) is 0 Å². The van der Waals surface area contributed by atoms with Gasteiger partial charge in [-0.2, -0.15) is 13.2 Å². The molecule has 0 heterocycles. The van der Waals surface area contributed by atoms with Crippen molar-refractivity contribution < 1.29 is 25.5 Å². The molecule has 0 aromatic heterocycles. The summed E-state index contributed by atoms with van der Waals surface area (Å²) in [6.45, 7) is 16.5. The zero-order valence-corrected chi connectivity index (χ0v) is 18.9. The van der Waals surface area contributed by atoms with E-state index in [1.807, 2.05) is 6.07 Å². The highest BCUT2D eigenvalue weighted by Crippen LogP contribution is 2.27. The Bertz CT molecular complexity index is 510. The summed E-state index contributed by atoms with van der Waals surface area (Å²) < 4.78 is 69.2. The van der Waals surface area contributed by atoms with E-state index < -0.39 is 37.4 Å². The molecule has 0 radical (unpaired) electrons. The SMILES string of the molecule is C=C[Si](C)(C)C.C=C[Si](F)(F)F.C[Si](C)(CC(F)(F)F)c1ccccc1. The van der Waals surface area contributed by atoms with Crippen LogP contribution in [0.15, 0.2) is 54.9 Å². The third-order valence-corrected chi connectivity index (χ3v) is 7.91. The van der Waals surface area contributed by atoms with Crippen molar-refractivity contribution in [1.29, 1.82) is 0 Å². The van der Waals surface area contributed by atoms with E-state index in [0.717, 1.165) is 5.19 Å². The molecule has 0 aliphatic heterocycles. The lowest BCUT2D eigenvalue weighted by atomic mass is 10.4. The lowest BCUT2D eigenvalue weighted by Crippen LogP contribution is -2.44. The largest absolute Gasteiger partial charge is 0.644 e. The molecular formula is C17H28F6Si3. The monoisotopic (exact) mass is 430 g/mol. The summed E-state index contributed by atoms with van der Waals surface area (Å²) in [5.41, 5.74) is 2.15. The maximum atomic E-state index is 12.3. The fourth-order valence-electron chi connectivity index (χ4n) is 1.49. The van der Waals surface area contributed by atoms with Crippen molar-refractivity contribution in [2.24, 2.45) is 0 Å². The maximum absolute atomic E-state index is 12.3. The highest BCUT2D eigenvalue weighted by molar-refractivity contribution is 6.89. The second kappa shape index (κ2) is 10.9. The Kier molecular flexibility index (Phi) is 11.4. The van der Waals surface area contributed by atoms with E-state index in [2.05, 4.69) is 38.5 Å². The van der Waals surface area contributed by atoms with Crippen LogP contribution in [0.4, 0.5) is 25.5 Å². The Morgan fingerprint density at radius 1 is 0.846 bits per heavy atom. The van der Waals surface area contributed by atoms with Gasteiger partial charge in [-0.1, -0.05) is 74.8 Å². The lowest BCUT2D eigenvalue weighted by Gasteiger charge is -2.24. The van der Waals surface area contributed by atoms with Gasteiger partial charge in [-0.15, -0.1) is 12.3 Å². The van der Waals surface area contributed by atoms with Crippen LogP contribution in [0.5, 0.6) is 0 Å². The van der Waals surface area contributed by atoms with Crippen LogP contribution in [-0.2, 0) is 0 Å². The van der Waals surface area contributed by atoms with Crippen molar-refractivity contribution in [3.8, 4) is 0 Å². The molecule has 0 aliphatic carbocycles. The Labute approximate surface area is 156 Å². The smallest absolute Gasteiger partial charge is 0.234 e. The van der Waals surface area contributed by atoms with E-state index in [-0.39, 0.29) is 5.70 Å². The minimum absolute atomic E-state index is 0.0764. The molecule has 1 aromatic carbocycles. The van der Waals surface area contributed by atoms with Crippen molar-refractivity contribution in [3.05, 3.63) is 54.9 Å². The summed E-state index contributed by atoms with van der Waals surface area (Å²) in [6, 6.07) is 8.34. The molecule has 0 atom stereocenters. The number of hydrogen-bond acceptors (Lipinski definition) is 0. The third-order valence-electron chi connectivity index (χ3n) is 3.04. The molecule has 0 saturated carbocycles. The van der Waals surface area contributed by atoms with Gasteiger partial charge in [-0.25, -0.2) is 12.3 Å². The number of rotatable bonds is 4. The molecule has 0 fully saturated rings. The zero-order chi connectivity index (χ0) is 21.2. The Morgan fingerprint density at radius 3 is 1.42 bits per heavy atom. The molecular weight excluding hydrogens is 402 g/mol. The molecule has 0 bridgehead atoms. The molecule has 0 saturated heterocycles. The van der Waals surface area contributed by atoms with Gasteiger partial charge in [0.2, 0.25) is 0 Å². The molecule has 0 aliphatic rings. The van der Waals surface area contributed by atoms with Gasteiger partial charge >= 0.3 is 15.3 Å². The molecule has 0 unspecified atom stereocenters. The van der Waals surface area contributed by atoms with Gasteiger partial charge in [0.25, 0.3) is 0 Å². The van der Waals surface area contributed by atoms with Crippen LogP contribution in [-0.4, -0.2) is 31.4 Å². The number of alkyl halides is 3. The van der Waals surface area contributed by atoms with Gasteiger partial charge in [-0.05, 0) is 5.70 Å². The average Bonchev–Trinajstić information content (AvgIpc) is 2.45. The highest BCUT2D eigenvalue weighted by atomic mass is 28.5. The van der Waals surface area contributed by atoms with Crippen LogP contribution in [0.3, 0.4) is 0 Å². The van der Waals surface area contributed by atoms with Crippen LogP contribution in [0.1, 0.15) is 0 Å². The molecule has 1 aromatic rings. The first kappa shape index (κ1) is 27.2. The average molecular weight is 431 g/mol. The van der Waals surface area contributed by atoms with Crippen LogP contribution in [0, 0.1) is 0 Å². The van der Waals surface area contributed by atoms with Crippen LogP contribution in [0.25, 0.3) is 0 Å². The van der Waals surface area contributed by atoms with Crippen molar-refractivity contribution in [2.45, 2.75) is 45.0 Å². The molecule has 150 valence electrons. The summed E-state index contributed by atoms with van der Waals surface area (Å²) in [7, 11) is -8.57.